The Bertz CT molecular complexity index is 3180. The molecule has 0 spiro atoms. The van der Waals surface area contributed by atoms with Crippen LogP contribution < -0.4 is 0 Å². The Hall–Kier alpha value is -7.21. The number of rotatable bonds is 6. The smallest absolute Gasteiger partial charge is 0.164 e. The molecule has 0 saturated heterocycles. The molecule has 0 aliphatic heterocycles. The first-order valence-electron chi connectivity index (χ1n) is 18.8. The van der Waals surface area contributed by atoms with E-state index in [2.05, 4.69) is 138 Å². The van der Waals surface area contributed by atoms with E-state index in [0.717, 1.165) is 22.4 Å². The van der Waals surface area contributed by atoms with E-state index in [1.807, 2.05) is 72.0 Å². The van der Waals surface area contributed by atoms with E-state index >= 15 is 0 Å². The summed E-state index contributed by atoms with van der Waals surface area (Å²) in [6.07, 6.45) is 0. The average molecular weight is 733 g/mol. The molecule has 0 aliphatic rings. The van der Waals surface area contributed by atoms with E-state index in [4.69, 9.17) is 15.0 Å². The minimum atomic E-state index is 0.662. The lowest BCUT2D eigenvalue weighted by Crippen LogP contribution is -1.99. The molecule has 0 N–H and O–H groups in total. The van der Waals surface area contributed by atoms with E-state index < -0.39 is 0 Å². The molecule has 3 aromatic heterocycles. The van der Waals surface area contributed by atoms with Gasteiger partial charge in [-0.15, -0.1) is 11.3 Å². The highest BCUT2D eigenvalue weighted by Crippen LogP contribution is 2.42. The summed E-state index contributed by atoms with van der Waals surface area (Å²) in [5.74, 6) is 1.99. The molecule has 0 atom stereocenters. The van der Waals surface area contributed by atoms with Crippen molar-refractivity contribution in [1.82, 2.24) is 19.5 Å². The predicted molar refractivity (Wildman–Crippen MR) is 234 cm³/mol. The van der Waals surface area contributed by atoms with Gasteiger partial charge in [-0.2, -0.15) is 0 Å². The van der Waals surface area contributed by atoms with Crippen molar-refractivity contribution in [2.45, 2.75) is 0 Å². The van der Waals surface area contributed by atoms with Crippen LogP contribution in [0.1, 0.15) is 0 Å². The molecule has 0 bridgehead atoms. The zero-order valence-corrected chi connectivity index (χ0v) is 31.0. The molecular formula is C51H32N4S. The largest absolute Gasteiger partial charge is 0.309 e. The predicted octanol–water partition coefficient (Wildman–Crippen LogP) is 13.7. The van der Waals surface area contributed by atoms with Crippen LogP contribution in [0.25, 0.3) is 104 Å². The van der Waals surface area contributed by atoms with Gasteiger partial charge in [-0.25, -0.2) is 15.0 Å². The summed E-state index contributed by atoms with van der Waals surface area (Å²) >= 11 is 1.81. The van der Waals surface area contributed by atoms with Crippen LogP contribution in [0.15, 0.2) is 194 Å². The second-order valence-corrected chi connectivity index (χ2v) is 15.1. The number of nitrogens with zero attached hydrogens (tertiary/aromatic N) is 4. The van der Waals surface area contributed by atoms with E-state index in [1.165, 1.54) is 64.2 Å². The molecule has 0 amide bonds. The molecule has 8 aromatic carbocycles. The van der Waals surface area contributed by atoms with E-state index in [0.29, 0.717) is 17.5 Å². The van der Waals surface area contributed by atoms with Gasteiger partial charge in [-0.1, -0.05) is 158 Å². The highest BCUT2D eigenvalue weighted by atomic mass is 32.1. The minimum Gasteiger partial charge on any atom is -0.309 e. The monoisotopic (exact) mass is 732 g/mol. The van der Waals surface area contributed by atoms with Crippen molar-refractivity contribution in [3.05, 3.63) is 194 Å². The Balaban J connectivity index is 1.01. The van der Waals surface area contributed by atoms with Crippen LogP contribution in [0.3, 0.4) is 0 Å². The van der Waals surface area contributed by atoms with Gasteiger partial charge in [0, 0.05) is 53.3 Å². The number of hydrogen-bond acceptors (Lipinski definition) is 4. The third-order valence-corrected chi connectivity index (χ3v) is 11.8. The van der Waals surface area contributed by atoms with Gasteiger partial charge in [-0.05, 0) is 58.7 Å². The van der Waals surface area contributed by atoms with Gasteiger partial charge in [0.2, 0.25) is 0 Å². The third kappa shape index (κ3) is 5.48. The standard InChI is InChI=1S/C51H32N4S/c1-4-14-33(15-5-1)49-52-50(34-16-6-2-7-17-34)54-51(53-49)37-26-29-44-43-28-25-36(31-47(43)56-48(44)32-37)40-21-11-10-20-39(40)35-24-27-42-41-22-12-13-23-45(41)55(46(42)30-35)38-18-8-3-9-19-38/h1-32H. The molecular weight excluding hydrogens is 701 g/mol. The molecule has 262 valence electrons. The highest BCUT2D eigenvalue weighted by molar-refractivity contribution is 7.25. The number of benzene rings is 8. The number of fused-ring (bicyclic) bond motifs is 6. The second-order valence-electron chi connectivity index (χ2n) is 14.0. The third-order valence-electron chi connectivity index (χ3n) is 10.7. The molecule has 3 heterocycles. The molecule has 0 saturated carbocycles. The molecule has 56 heavy (non-hydrogen) atoms. The van der Waals surface area contributed by atoms with Gasteiger partial charge in [0.15, 0.2) is 17.5 Å². The summed E-state index contributed by atoms with van der Waals surface area (Å²) < 4.78 is 4.83. The molecule has 5 heteroatoms. The van der Waals surface area contributed by atoms with Gasteiger partial charge >= 0.3 is 0 Å². The van der Waals surface area contributed by atoms with Crippen LogP contribution >= 0.6 is 11.3 Å². The van der Waals surface area contributed by atoms with E-state index in [-0.39, 0.29) is 0 Å². The van der Waals surface area contributed by atoms with Crippen LogP contribution in [0.4, 0.5) is 0 Å². The summed E-state index contributed by atoms with van der Waals surface area (Å²) in [5, 5.41) is 4.99. The molecule has 0 unspecified atom stereocenters. The summed E-state index contributed by atoms with van der Waals surface area (Å²) in [4.78, 5) is 14.9. The number of aromatic nitrogens is 4. The fraction of sp³-hybridized carbons (Fsp3) is 0. The van der Waals surface area contributed by atoms with Crippen LogP contribution in [0.5, 0.6) is 0 Å². The number of hydrogen-bond donors (Lipinski definition) is 0. The SMILES string of the molecule is c1ccc(-c2nc(-c3ccccc3)nc(-c3ccc4c(c3)sc3cc(-c5ccccc5-c5ccc6c7ccccc7n(-c7ccccc7)c6c5)ccc34)n2)cc1. The molecule has 0 fully saturated rings. The lowest BCUT2D eigenvalue weighted by molar-refractivity contribution is 1.07. The fourth-order valence-electron chi connectivity index (χ4n) is 8.00. The highest BCUT2D eigenvalue weighted by Gasteiger charge is 2.17. The maximum Gasteiger partial charge on any atom is 0.164 e. The summed E-state index contributed by atoms with van der Waals surface area (Å²) in [7, 11) is 0. The quantitative estimate of drug-likeness (QED) is 0.171. The van der Waals surface area contributed by atoms with Crippen molar-refractivity contribution in [3.8, 4) is 62.1 Å². The Morgan fingerprint density at radius 2 is 0.768 bits per heavy atom. The van der Waals surface area contributed by atoms with E-state index in [1.54, 1.807) is 0 Å². The molecule has 4 nitrogen and oxygen atoms in total. The van der Waals surface area contributed by atoms with Gasteiger partial charge < -0.3 is 4.57 Å². The average Bonchev–Trinajstić information content (AvgIpc) is 3.81. The Morgan fingerprint density at radius 1 is 0.321 bits per heavy atom. The maximum atomic E-state index is 4.99. The molecule has 11 aromatic rings. The summed E-state index contributed by atoms with van der Waals surface area (Å²) in [6, 6.07) is 68.8. The zero-order chi connectivity index (χ0) is 37.0. The first-order chi connectivity index (χ1) is 27.7. The van der Waals surface area contributed by atoms with Crippen LogP contribution in [-0.4, -0.2) is 19.5 Å². The second kappa shape index (κ2) is 13.3. The van der Waals surface area contributed by atoms with Gasteiger partial charge in [0.05, 0.1) is 11.0 Å². The van der Waals surface area contributed by atoms with Crippen molar-refractivity contribution in [2.24, 2.45) is 0 Å². The van der Waals surface area contributed by atoms with Crippen molar-refractivity contribution < 1.29 is 0 Å². The lowest BCUT2D eigenvalue weighted by Gasteiger charge is -2.12. The van der Waals surface area contributed by atoms with Crippen molar-refractivity contribution in [2.75, 3.05) is 0 Å². The zero-order valence-electron chi connectivity index (χ0n) is 30.2. The number of para-hydroxylation sites is 2. The van der Waals surface area contributed by atoms with Gasteiger partial charge in [0.25, 0.3) is 0 Å². The Morgan fingerprint density at radius 3 is 1.39 bits per heavy atom. The molecule has 0 radical (unpaired) electrons. The summed E-state index contributed by atoms with van der Waals surface area (Å²) in [5.41, 5.74) is 11.3. The van der Waals surface area contributed by atoms with Crippen molar-refractivity contribution in [1.29, 1.82) is 0 Å². The van der Waals surface area contributed by atoms with Crippen molar-refractivity contribution >= 4 is 53.3 Å². The first kappa shape index (κ1) is 32.2. The Labute approximate surface area is 327 Å². The van der Waals surface area contributed by atoms with Crippen molar-refractivity contribution in [3.63, 3.8) is 0 Å². The van der Waals surface area contributed by atoms with E-state index in [9.17, 15) is 0 Å². The number of thiophene rings is 1. The maximum absolute atomic E-state index is 4.99. The van der Waals surface area contributed by atoms with Crippen LogP contribution in [0, 0.1) is 0 Å². The van der Waals surface area contributed by atoms with Crippen LogP contribution in [0.2, 0.25) is 0 Å². The minimum absolute atomic E-state index is 0.662. The van der Waals surface area contributed by atoms with Gasteiger partial charge in [0.1, 0.15) is 0 Å². The first-order valence-corrected chi connectivity index (χ1v) is 19.6. The molecule has 0 aliphatic carbocycles. The van der Waals surface area contributed by atoms with Gasteiger partial charge in [-0.3, -0.25) is 0 Å². The lowest BCUT2D eigenvalue weighted by atomic mass is 9.93. The Kier molecular flexibility index (Phi) is 7.64. The topological polar surface area (TPSA) is 43.6 Å². The fourth-order valence-corrected chi connectivity index (χ4v) is 9.19. The van der Waals surface area contributed by atoms with Crippen LogP contribution in [-0.2, 0) is 0 Å². The normalized spacial score (nSPS) is 11.6. The molecule has 11 rings (SSSR count). The summed E-state index contributed by atoms with van der Waals surface area (Å²) in [6.45, 7) is 0.